The van der Waals surface area contributed by atoms with Crippen LogP contribution >= 0.6 is 11.6 Å². The zero-order chi connectivity index (χ0) is 13.1. The van der Waals surface area contributed by atoms with E-state index in [4.69, 9.17) is 16.3 Å². The van der Waals surface area contributed by atoms with Gasteiger partial charge in [-0.25, -0.2) is 4.79 Å². The van der Waals surface area contributed by atoms with E-state index < -0.39 is 11.5 Å². The van der Waals surface area contributed by atoms with Gasteiger partial charge in [0.1, 0.15) is 0 Å². The Morgan fingerprint density at radius 1 is 1.28 bits per heavy atom. The molecular formula is C12H11ClN2O3. The molecule has 2 aromatic rings. The highest BCUT2D eigenvalue weighted by atomic mass is 35.5. The second kappa shape index (κ2) is 5.10. The van der Waals surface area contributed by atoms with Gasteiger partial charge in [-0.3, -0.25) is 15.0 Å². The number of hydrogen-bond acceptors (Lipinski definition) is 3. The molecule has 0 saturated carbocycles. The summed E-state index contributed by atoms with van der Waals surface area (Å²) in [5.74, 6) is -0.648. The standard InChI is InChI=1S/C12H11ClN2O3/c1-2-18-12(17)9-10(14-15-11(9)16)7-3-5-8(13)6-4-7/h3-6H,2H2,1H3,(H2,14,15,16). The molecule has 5 nitrogen and oxygen atoms in total. The van der Waals surface area contributed by atoms with Crippen molar-refractivity contribution < 1.29 is 9.53 Å². The predicted octanol–water partition coefficient (Wildman–Crippen LogP) is 2.20. The number of carbonyl (C=O) groups excluding carboxylic acids is 1. The Bertz CT molecular complexity index is 613. The maximum Gasteiger partial charge on any atom is 0.346 e. The number of aromatic amines is 2. The van der Waals surface area contributed by atoms with Gasteiger partial charge in [0, 0.05) is 10.6 Å². The number of H-pyrrole nitrogens is 2. The second-order valence-corrected chi connectivity index (χ2v) is 3.99. The number of ether oxygens (including phenoxy) is 1. The summed E-state index contributed by atoms with van der Waals surface area (Å²) in [7, 11) is 0. The summed E-state index contributed by atoms with van der Waals surface area (Å²) >= 11 is 5.79. The minimum atomic E-state index is -0.648. The summed E-state index contributed by atoms with van der Waals surface area (Å²) < 4.78 is 4.85. The van der Waals surface area contributed by atoms with Crippen LogP contribution in [-0.2, 0) is 4.74 Å². The summed E-state index contributed by atoms with van der Waals surface area (Å²) in [5.41, 5.74) is 0.550. The van der Waals surface area contributed by atoms with Crippen LogP contribution < -0.4 is 5.56 Å². The fourth-order valence-corrected chi connectivity index (χ4v) is 1.71. The molecule has 0 amide bonds. The Morgan fingerprint density at radius 3 is 2.56 bits per heavy atom. The third kappa shape index (κ3) is 2.31. The highest BCUT2D eigenvalue weighted by Crippen LogP contribution is 2.21. The summed E-state index contributed by atoms with van der Waals surface area (Å²) in [6, 6.07) is 6.78. The van der Waals surface area contributed by atoms with Gasteiger partial charge in [-0.2, -0.15) is 0 Å². The molecule has 0 aliphatic rings. The molecule has 2 rings (SSSR count). The number of hydrogen-bond donors (Lipinski definition) is 2. The molecule has 2 N–H and O–H groups in total. The number of aromatic nitrogens is 2. The number of benzene rings is 1. The summed E-state index contributed by atoms with van der Waals surface area (Å²) in [6.45, 7) is 1.89. The Balaban J connectivity index is 2.49. The first-order valence-electron chi connectivity index (χ1n) is 5.37. The smallest absolute Gasteiger partial charge is 0.346 e. The SMILES string of the molecule is CCOC(=O)c1c(-c2ccc(Cl)cc2)[nH][nH]c1=O. The summed E-state index contributed by atoms with van der Waals surface area (Å²) in [6.07, 6.45) is 0. The van der Waals surface area contributed by atoms with E-state index in [2.05, 4.69) is 10.2 Å². The molecule has 1 aromatic heterocycles. The Hall–Kier alpha value is -2.01. The van der Waals surface area contributed by atoms with Crippen molar-refractivity contribution in [3.05, 3.63) is 45.2 Å². The van der Waals surface area contributed by atoms with Crippen LogP contribution in [0.5, 0.6) is 0 Å². The molecule has 0 bridgehead atoms. The van der Waals surface area contributed by atoms with Crippen LogP contribution in [0, 0.1) is 0 Å². The van der Waals surface area contributed by atoms with Gasteiger partial charge in [-0.05, 0) is 19.1 Å². The molecule has 18 heavy (non-hydrogen) atoms. The number of esters is 1. The number of carbonyl (C=O) groups is 1. The van der Waals surface area contributed by atoms with Crippen molar-refractivity contribution in [2.75, 3.05) is 6.61 Å². The molecule has 0 unspecified atom stereocenters. The second-order valence-electron chi connectivity index (χ2n) is 3.56. The maximum absolute atomic E-state index is 11.7. The molecular weight excluding hydrogens is 256 g/mol. The quantitative estimate of drug-likeness (QED) is 0.837. The third-order valence-electron chi connectivity index (χ3n) is 2.39. The molecule has 0 atom stereocenters. The van der Waals surface area contributed by atoms with Crippen LogP contribution in [0.15, 0.2) is 29.1 Å². The minimum Gasteiger partial charge on any atom is -0.462 e. The summed E-state index contributed by atoms with van der Waals surface area (Å²) in [4.78, 5) is 23.3. The number of rotatable bonds is 3. The molecule has 0 spiro atoms. The van der Waals surface area contributed by atoms with Gasteiger partial charge in [-0.15, -0.1) is 0 Å². The zero-order valence-corrected chi connectivity index (χ0v) is 10.4. The van der Waals surface area contributed by atoms with Crippen molar-refractivity contribution >= 4 is 17.6 Å². The van der Waals surface area contributed by atoms with Crippen LogP contribution in [0.4, 0.5) is 0 Å². The molecule has 0 radical (unpaired) electrons. The van der Waals surface area contributed by atoms with E-state index in [1.807, 2.05) is 0 Å². The predicted molar refractivity (Wildman–Crippen MR) is 67.8 cm³/mol. The lowest BCUT2D eigenvalue weighted by Crippen LogP contribution is -2.15. The van der Waals surface area contributed by atoms with E-state index in [1.165, 1.54) is 0 Å². The highest BCUT2D eigenvalue weighted by Gasteiger charge is 2.20. The first-order chi connectivity index (χ1) is 8.63. The lowest BCUT2D eigenvalue weighted by atomic mass is 10.1. The van der Waals surface area contributed by atoms with Crippen LogP contribution in [-0.4, -0.2) is 22.8 Å². The zero-order valence-electron chi connectivity index (χ0n) is 9.62. The van der Waals surface area contributed by atoms with E-state index in [1.54, 1.807) is 31.2 Å². The van der Waals surface area contributed by atoms with Crippen molar-refractivity contribution in [2.24, 2.45) is 0 Å². The summed E-state index contributed by atoms with van der Waals surface area (Å²) in [5, 5.41) is 5.62. The number of halogens is 1. The molecule has 1 aromatic carbocycles. The normalized spacial score (nSPS) is 10.3. The van der Waals surface area contributed by atoms with Gasteiger partial charge in [0.2, 0.25) is 0 Å². The molecule has 0 fully saturated rings. The highest BCUT2D eigenvalue weighted by molar-refractivity contribution is 6.30. The van der Waals surface area contributed by atoms with Crippen molar-refractivity contribution in [3.8, 4) is 11.3 Å². The molecule has 1 heterocycles. The monoisotopic (exact) mass is 266 g/mol. The first kappa shape index (κ1) is 12.4. The van der Waals surface area contributed by atoms with Crippen molar-refractivity contribution in [2.45, 2.75) is 6.92 Å². The van der Waals surface area contributed by atoms with E-state index >= 15 is 0 Å². The van der Waals surface area contributed by atoms with E-state index in [0.29, 0.717) is 16.3 Å². The van der Waals surface area contributed by atoms with E-state index in [0.717, 1.165) is 0 Å². The first-order valence-corrected chi connectivity index (χ1v) is 5.75. The average molecular weight is 267 g/mol. The maximum atomic E-state index is 11.7. The van der Waals surface area contributed by atoms with Gasteiger partial charge in [0.25, 0.3) is 5.56 Å². The van der Waals surface area contributed by atoms with Crippen molar-refractivity contribution in [3.63, 3.8) is 0 Å². The van der Waals surface area contributed by atoms with Gasteiger partial charge in [-0.1, -0.05) is 23.7 Å². The fraction of sp³-hybridized carbons (Fsp3) is 0.167. The molecule has 0 saturated heterocycles. The van der Waals surface area contributed by atoms with Crippen LogP contribution in [0.1, 0.15) is 17.3 Å². The molecule has 0 aliphatic heterocycles. The van der Waals surface area contributed by atoms with Crippen LogP contribution in [0.25, 0.3) is 11.3 Å². The Morgan fingerprint density at radius 2 is 1.94 bits per heavy atom. The lowest BCUT2D eigenvalue weighted by molar-refractivity contribution is 0.0526. The topological polar surface area (TPSA) is 75.0 Å². The van der Waals surface area contributed by atoms with Crippen LogP contribution in [0.3, 0.4) is 0 Å². The van der Waals surface area contributed by atoms with Crippen molar-refractivity contribution in [1.29, 1.82) is 0 Å². The van der Waals surface area contributed by atoms with Crippen molar-refractivity contribution in [1.82, 2.24) is 10.2 Å². The van der Waals surface area contributed by atoms with Gasteiger partial charge in [0.05, 0.1) is 12.3 Å². The lowest BCUT2D eigenvalue weighted by Gasteiger charge is -2.02. The van der Waals surface area contributed by atoms with E-state index in [-0.39, 0.29) is 12.2 Å². The molecule has 0 aliphatic carbocycles. The minimum absolute atomic E-state index is 0.0285. The Labute approximate surface area is 108 Å². The van der Waals surface area contributed by atoms with Gasteiger partial charge < -0.3 is 4.74 Å². The fourth-order valence-electron chi connectivity index (χ4n) is 1.59. The number of nitrogens with one attached hydrogen (secondary N) is 2. The van der Waals surface area contributed by atoms with Gasteiger partial charge >= 0.3 is 5.97 Å². The average Bonchev–Trinajstić information content (AvgIpc) is 2.72. The molecule has 6 heteroatoms. The van der Waals surface area contributed by atoms with Crippen LogP contribution in [0.2, 0.25) is 5.02 Å². The van der Waals surface area contributed by atoms with E-state index in [9.17, 15) is 9.59 Å². The molecule has 94 valence electrons. The third-order valence-corrected chi connectivity index (χ3v) is 2.64. The Kier molecular flexibility index (Phi) is 3.53. The van der Waals surface area contributed by atoms with Gasteiger partial charge in [0.15, 0.2) is 5.56 Å². The largest absolute Gasteiger partial charge is 0.462 e.